The number of hydrogen-bond acceptors (Lipinski definition) is 1. The lowest BCUT2D eigenvalue weighted by atomic mass is 10.2. The lowest BCUT2D eigenvalue weighted by molar-refractivity contribution is -0.117. The first-order valence-electron chi connectivity index (χ1n) is 5.99. The van der Waals surface area contributed by atoms with E-state index in [1.165, 1.54) is 0 Å². The minimum Gasteiger partial charge on any atom is -0.339 e. The van der Waals surface area contributed by atoms with E-state index in [1.54, 1.807) is 0 Å². The van der Waals surface area contributed by atoms with Gasteiger partial charge in [0.25, 0.3) is 0 Å². The number of allylic oxidation sites excluding steroid dienone is 2. The fraction of sp³-hybridized carbons (Fsp3) is 0.667. The lowest BCUT2D eigenvalue weighted by Gasteiger charge is -2.25. The van der Waals surface area contributed by atoms with E-state index in [1.807, 2.05) is 0 Å². The van der Waals surface area contributed by atoms with E-state index < -0.39 is 47.6 Å². The van der Waals surface area contributed by atoms with Crippen LogP contribution in [0.15, 0.2) is 24.3 Å². The Morgan fingerprint density at radius 1 is 0.739 bits per heavy atom. The summed E-state index contributed by atoms with van der Waals surface area (Å²) in [5, 5.41) is -4.50. The van der Waals surface area contributed by atoms with Crippen molar-refractivity contribution < 1.29 is 39.9 Å². The Morgan fingerprint density at radius 2 is 1.04 bits per heavy atom. The maximum Gasteiger partial charge on any atom is 0.301 e. The molecule has 136 valence electrons. The molecule has 0 rings (SSSR count). The van der Waals surface area contributed by atoms with Gasteiger partial charge in [-0.05, 0) is 12.2 Å². The van der Waals surface area contributed by atoms with E-state index in [0.717, 1.165) is 0 Å². The molecule has 0 aromatic rings. The highest BCUT2D eigenvalue weighted by Crippen LogP contribution is 2.35. The van der Waals surface area contributed by atoms with E-state index in [-0.39, 0.29) is 12.2 Å². The Bertz CT molecular complexity index is 365. The summed E-state index contributed by atoms with van der Waals surface area (Å²) in [4.78, 5) is 0. The van der Waals surface area contributed by atoms with Gasteiger partial charge in [-0.25, -0.2) is 17.6 Å². The number of alkyl halides is 10. The van der Waals surface area contributed by atoms with E-state index in [0.29, 0.717) is 12.2 Å². The SMILES string of the molecule is FC(F)CC=CC(F)(F)C(Br)OC(Br)C(F)(F)C=CCC(F)F. The molecule has 0 aromatic heterocycles. The van der Waals surface area contributed by atoms with Crippen molar-refractivity contribution >= 4 is 31.9 Å². The van der Waals surface area contributed by atoms with Gasteiger partial charge in [0.2, 0.25) is 12.9 Å². The minimum atomic E-state index is -3.84. The Balaban J connectivity index is 4.70. The van der Waals surface area contributed by atoms with Crippen LogP contribution in [0.5, 0.6) is 0 Å². The molecule has 0 bridgehead atoms. The largest absolute Gasteiger partial charge is 0.339 e. The molecular weight excluding hydrogens is 472 g/mol. The van der Waals surface area contributed by atoms with Crippen molar-refractivity contribution in [3.05, 3.63) is 24.3 Å². The van der Waals surface area contributed by atoms with Gasteiger partial charge < -0.3 is 4.74 Å². The van der Waals surface area contributed by atoms with Crippen LogP contribution in [-0.4, -0.2) is 34.7 Å². The summed E-state index contributed by atoms with van der Waals surface area (Å²) in [5.41, 5.74) is 0. The van der Waals surface area contributed by atoms with Crippen molar-refractivity contribution in [3.63, 3.8) is 0 Å². The highest BCUT2D eigenvalue weighted by molar-refractivity contribution is 9.10. The molecule has 0 aliphatic heterocycles. The first-order valence-corrected chi connectivity index (χ1v) is 7.82. The van der Waals surface area contributed by atoms with Gasteiger partial charge in [0.05, 0.1) is 0 Å². The standard InChI is InChI=1S/C12H12Br2F8O/c13-9(11(19,20)5-1-3-7(15)16)23-10(14)12(21,22)6-2-4-8(17)18/h1-2,5-10H,3-4H2. The lowest BCUT2D eigenvalue weighted by Crippen LogP contribution is -2.37. The van der Waals surface area contributed by atoms with Crippen molar-refractivity contribution in [2.75, 3.05) is 0 Å². The Hall–Kier alpha value is -0.160. The highest BCUT2D eigenvalue weighted by atomic mass is 79.9. The molecule has 0 N–H and O–H groups in total. The molecule has 0 saturated carbocycles. The quantitative estimate of drug-likeness (QED) is 0.206. The third-order valence-corrected chi connectivity index (χ3v) is 3.81. The molecular formula is C12H12Br2F8O. The molecule has 1 nitrogen and oxygen atoms in total. The number of halogens is 10. The highest BCUT2D eigenvalue weighted by Gasteiger charge is 2.43. The summed E-state index contributed by atoms with van der Waals surface area (Å²) in [6.07, 6.45) is -6.33. The predicted molar refractivity (Wildman–Crippen MR) is 75.9 cm³/mol. The normalized spacial score (nSPS) is 16.9. The van der Waals surface area contributed by atoms with Crippen molar-refractivity contribution in [3.8, 4) is 0 Å². The molecule has 2 atom stereocenters. The molecule has 23 heavy (non-hydrogen) atoms. The van der Waals surface area contributed by atoms with Crippen molar-refractivity contribution in [1.82, 2.24) is 0 Å². The molecule has 2 unspecified atom stereocenters. The van der Waals surface area contributed by atoms with Crippen molar-refractivity contribution in [2.24, 2.45) is 0 Å². The second-order valence-corrected chi connectivity index (χ2v) is 5.84. The number of rotatable bonds is 10. The summed E-state index contributed by atoms with van der Waals surface area (Å²) in [6, 6.07) is 0. The fourth-order valence-electron chi connectivity index (χ4n) is 1.09. The number of ether oxygens (including phenoxy) is 1. The zero-order valence-corrected chi connectivity index (χ0v) is 14.4. The van der Waals surface area contributed by atoms with E-state index in [9.17, 15) is 35.1 Å². The van der Waals surface area contributed by atoms with Crippen LogP contribution in [0.25, 0.3) is 0 Å². The minimum absolute atomic E-state index is 0.100. The molecule has 0 radical (unpaired) electrons. The molecule has 0 aromatic carbocycles. The molecule has 0 aliphatic carbocycles. The predicted octanol–water partition coefficient (Wildman–Crippen LogP) is 6.14. The van der Waals surface area contributed by atoms with E-state index >= 15 is 0 Å². The summed E-state index contributed by atoms with van der Waals surface area (Å²) >= 11 is 4.67. The summed E-state index contributed by atoms with van der Waals surface area (Å²) < 4.78 is 106. The maximum absolute atomic E-state index is 13.5. The molecule has 0 amide bonds. The van der Waals surface area contributed by atoms with Crippen LogP contribution in [0.4, 0.5) is 35.1 Å². The Labute approximate surface area is 144 Å². The van der Waals surface area contributed by atoms with Crippen molar-refractivity contribution in [2.45, 2.75) is 47.6 Å². The van der Waals surface area contributed by atoms with Gasteiger partial charge in [-0.1, -0.05) is 44.0 Å². The first kappa shape index (κ1) is 22.8. The van der Waals surface area contributed by atoms with Gasteiger partial charge in [0.1, 0.15) is 0 Å². The molecule has 11 heteroatoms. The van der Waals surface area contributed by atoms with Gasteiger partial charge in [-0.15, -0.1) is 0 Å². The maximum atomic E-state index is 13.5. The Kier molecular flexibility index (Phi) is 9.90. The van der Waals surface area contributed by atoms with Crippen molar-refractivity contribution in [1.29, 1.82) is 0 Å². The topological polar surface area (TPSA) is 9.23 Å². The first-order chi connectivity index (χ1) is 10.4. The van der Waals surface area contributed by atoms with Crippen LogP contribution in [-0.2, 0) is 4.74 Å². The molecule has 0 saturated heterocycles. The summed E-state index contributed by atoms with van der Waals surface area (Å²) in [7, 11) is 0. The third-order valence-electron chi connectivity index (χ3n) is 2.15. The second kappa shape index (κ2) is 9.97. The van der Waals surface area contributed by atoms with Gasteiger partial charge in [-0.3, -0.25) is 0 Å². The molecule has 0 heterocycles. The second-order valence-electron chi connectivity index (χ2n) is 4.18. The molecule has 0 fully saturated rings. The van der Waals surface area contributed by atoms with Crippen LogP contribution < -0.4 is 0 Å². The fourth-order valence-corrected chi connectivity index (χ4v) is 2.12. The monoisotopic (exact) mass is 482 g/mol. The van der Waals surface area contributed by atoms with Crippen LogP contribution >= 0.6 is 31.9 Å². The van der Waals surface area contributed by atoms with Crippen LogP contribution in [0.3, 0.4) is 0 Å². The Morgan fingerprint density at radius 3 is 1.30 bits per heavy atom. The summed E-state index contributed by atoms with van der Waals surface area (Å²) in [6.45, 7) is 0. The number of hydrogen-bond donors (Lipinski definition) is 0. The van der Waals surface area contributed by atoms with Gasteiger partial charge >= 0.3 is 11.8 Å². The molecule has 0 aliphatic rings. The zero-order valence-electron chi connectivity index (χ0n) is 11.2. The van der Waals surface area contributed by atoms with E-state index in [4.69, 9.17) is 0 Å². The zero-order chi connectivity index (χ0) is 18.3. The van der Waals surface area contributed by atoms with Crippen LogP contribution in [0, 0.1) is 0 Å². The molecule has 0 spiro atoms. The average Bonchev–Trinajstić information content (AvgIpc) is 2.36. The van der Waals surface area contributed by atoms with Gasteiger partial charge in [0.15, 0.2) is 10.0 Å². The van der Waals surface area contributed by atoms with Gasteiger partial charge in [-0.2, -0.15) is 17.6 Å². The van der Waals surface area contributed by atoms with E-state index in [2.05, 4.69) is 36.6 Å². The summed E-state index contributed by atoms with van der Waals surface area (Å²) in [5.74, 6) is -7.69. The smallest absolute Gasteiger partial charge is 0.301 e. The third kappa shape index (κ3) is 9.65. The van der Waals surface area contributed by atoms with Gasteiger partial charge in [0, 0.05) is 12.8 Å². The average molecular weight is 484 g/mol. The van der Waals surface area contributed by atoms with Crippen LogP contribution in [0.1, 0.15) is 12.8 Å². The van der Waals surface area contributed by atoms with Crippen LogP contribution in [0.2, 0.25) is 0 Å².